The lowest BCUT2D eigenvalue weighted by atomic mass is 9.83. The summed E-state index contributed by atoms with van der Waals surface area (Å²) in [5, 5.41) is 3.78. The fourth-order valence-electron chi connectivity index (χ4n) is 3.48. The van der Waals surface area contributed by atoms with Crippen LogP contribution in [0.3, 0.4) is 0 Å². The number of hydrogen-bond acceptors (Lipinski definition) is 2. The molecule has 1 N–H and O–H groups in total. The van der Waals surface area contributed by atoms with Gasteiger partial charge in [-0.3, -0.25) is 0 Å². The molecule has 3 rings (SSSR count). The van der Waals surface area contributed by atoms with Crippen LogP contribution in [0, 0.1) is 13.8 Å². The predicted octanol–water partition coefficient (Wildman–Crippen LogP) is 4.67. The van der Waals surface area contributed by atoms with E-state index in [1.807, 2.05) is 6.92 Å². The van der Waals surface area contributed by atoms with Crippen molar-refractivity contribution >= 4 is 0 Å². The zero-order chi connectivity index (χ0) is 14.9. The lowest BCUT2D eigenvalue weighted by Gasteiger charge is -2.28. The number of rotatable bonds is 6. The van der Waals surface area contributed by atoms with Gasteiger partial charge in [0.1, 0.15) is 11.5 Å². The highest BCUT2D eigenvalue weighted by Gasteiger charge is 2.51. The molecule has 0 saturated heterocycles. The third kappa shape index (κ3) is 2.65. The number of aryl methyl sites for hydroxylation is 2. The second-order valence-electron chi connectivity index (χ2n) is 6.28. The van der Waals surface area contributed by atoms with Crippen LogP contribution in [-0.2, 0) is 5.41 Å². The predicted molar refractivity (Wildman–Crippen MR) is 86.6 cm³/mol. The van der Waals surface area contributed by atoms with E-state index in [-0.39, 0.29) is 5.41 Å². The van der Waals surface area contributed by atoms with Crippen LogP contribution in [-0.4, -0.2) is 6.54 Å². The summed E-state index contributed by atoms with van der Waals surface area (Å²) in [7, 11) is 0. The molecule has 2 heteroatoms. The van der Waals surface area contributed by atoms with Crippen molar-refractivity contribution in [2.45, 2.75) is 51.5 Å². The number of nitrogens with one attached hydrogen (secondary N) is 1. The molecule has 0 aliphatic heterocycles. The summed E-state index contributed by atoms with van der Waals surface area (Å²) < 4.78 is 5.79. The summed E-state index contributed by atoms with van der Waals surface area (Å²) in [6.07, 6.45) is 3.65. The second kappa shape index (κ2) is 5.69. The Labute approximate surface area is 127 Å². The smallest absolute Gasteiger partial charge is 0.105 e. The van der Waals surface area contributed by atoms with E-state index in [9.17, 15) is 0 Å². The normalized spacial score (nSPS) is 17.7. The van der Waals surface area contributed by atoms with Crippen molar-refractivity contribution in [1.82, 2.24) is 5.32 Å². The first kappa shape index (κ1) is 14.4. The van der Waals surface area contributed by atoms with Crippen molar-refractivity contribution in [1.29, 1.82) is 0 Å². The van der Waals surface area contributed by atoms with Crippen LogP contribution >= 0.6 is 0 Å². The van der Waals surface area contributed by atoms with E-state index in [1.165, 1.54) is 24.0 Å². The summed E-state index contributed by atoms with van der Waals surface area (Å²) in [5.41, 5.74) is 3.04. The van der Waals surface area contributed by atoms with E-state index in [4.69, 9.17) is 4.42 Å². The molecule has 0 amide bonds. The first-order valence-electron chi connectivity index (χ1n) is 8.03. The van der Waals surface area contributed by atoms with Gasteiger partial charge < -0.3 is 9.73 Å². The maximum atomic E-state index is 5.79. The molecule has 1 heterocycles. The van der Waals surface area contributed by atoms with E-state index in [0.29, 0.717) is 6.04 Å². The van der Waals surface area contributed by atoms with Crippen molar-refractivity contribution in [2.75, 3.05) is 6.54 Å². The molecule has 0 spiro atoms. The van der Waals surface area contributed by atoms with Gasteiger partial charge in [-0.1, -0.05) is 37.3 Å². The van der Waals surface area contributed by atoms with Gasteiger partial charge in [0.25, 0.3) is 0 Å². The average molecular weight is 283 g/mol. The lowest BCUT2D eigenvalue weighted by Crippen LogP contribution is -2.33. The topological polar surface area (TPSA) is 25.2 Å². The number of furan rings is 1. The Morgan fingerprint density at radius 1 is 1.19 bits per heavy atom. The molecule has 1 atom stereocenters. The van der Waals surface area contributed by atoms with Crippen LogP contribution in [0.2, 0.25) is 0 Å². The molecular formula is C19H25NO. The molecule has 2 nitrogen and oxygen atoms in total. The summed E-state index contributed by atoms with van der Waals surface area (Å²) in [6, 6.07) is 13.5. The van der Waals surface area contributed by atoms with E-state index in [0.717, 1.165) is 24.5 Å². The number of benzene rings is 1. The van der Waals surface area contributed by atoms with Crippen LogP contribution in [0.4, 0.5) is 0 Å². The third-order valence-electron chi connectivity index (χ3n) is 4.68. The SMILES string of the molecule is CCCNC(c1cc(C)oc1C)C1(c2ccccc2)CC1. The Morgan fingerprint density at radius 3 is 2.43 bits per heavy atom. The molecule has 0 bridgehead atoms. The monoisotopic (exact) mass is 283 g/mol. The van der Waals surface area contributed by atoms with Crippen molar-refractivity contribution in [3.63, 3.8) is 0 Å². The molecule has 1 aliphatic carbocycles. The third-order valence-corrected chi connectivity index (χ3v) is 4.68. The van der Waals surface area contributed by atoms with Crippen LogP contribution < -0.4 is 5.32 Å². The van der Waals surface area contributed by atoms with Crippen molar-refractivity contribution in [3.05, 3.63) is 59.0 Å². The minimum atomic E-state index is 0.248. The van der Waals surface area contributed by atoms with E-state index >= 15 is 0 Å². The van der Waals surface area contributed by atoms with Gasteiger partial charge in [-0.15, -0.1) is 0 Å². The standard InChI is InChI=1S/C19H25NO/c1-4-12-20-18(17-13-14(2)21-15(17)3)19(10-11-19)16-8-6-5-7-9-16/h5-9,13,18,20H,4,10-12H2,1-3H3. The molecule has 1 aliphatic rings. The molecule has 1 aromatic heterocycles. The van der Waals surface area contributed by atoms with Gasteiger partial charge in [0.2, 0.25) is 0 Å². The Kier molecular flexibility index (Phi) is 3.90. The van der Waals surface area contributed by atoms with Crippen molar-refractivity contribution < 1.29 is 4.42 Å². The molecule has 21 heavy (non-hydrogen) atoms. The minimum Gasteiger partial charge on any atom is -0.466 e. The minimum absolute atomic E-state index is 0.248. The van der Waals surface area contributed by atoms with Gasteiger partial charge in [-0.25, -0.2) is 0 Å². The maximum absolute atomic E-state index is 5.79. The Morgan fingerprint density at radius 2 is 1.90 bits per heavy atom. The summed E-state index contributed by atoms with van der Waals surface area (Å²) >= 11 is 0. The van der Waals surface area contributed by atoms with Crippen LogP contribution in [0.5, 0.6) is 0 Å². The first-order valence-corrected chi connectivity index (χ1v) is 8.03. The molecular weight excluding hydrogens is 258 g/mol. The van der Waals surface area contributed by atoms with Crippen LogP contribution in [0.25, 0.3) is 0 Å². The van der Waals surface area contributed by atoms with E-state index in [1.54, 1.807) is 0 Å². The summed E-state index contributed by atoms with van der Waals surface area (Å²) in [5.74, 6) is 2.07. The molecule has 1 fully saturated rings. The van der Waals surface area contributed by atoms with Gasteiger partial charge in [0.15, 0.2) is 0 Å². The van der Waals surface area contributed by atoms with Crippen molar-refractivity contribution in [3.8, 4) is 0 Å². The fraction of sp³-hybridized carbons (Fsp3) is 0.474. The molecule has 2 aromatic rings. The average Bonchev–Trinajstić information content (AvgIpc) is 3.22. The molecule has 1 unspecified atom stereocenters. The highest BCUT2D eigenvalue weighted by atomic mass is 16.3. The summed E-state index contributed by atoms with van der Waals surface area (Å²) in [4.78, 5) is 0. The summed E-state index contributed by atoms with van der Waals surface area (Å²) in [6.45, 7) is 7.39. The zero-order valence-electron chi connectivity index (χ0n) is 13.3. The van der Waals surface area contributed by atoms with Crippen LogP contribution in [0.1, 0.15) is 54.9 Å². The van der Waals surface area contributed by atoms with Gasteiger partial charge >= 0.3 is 0 Å². The van der Waals surface area contributed by atoms with Gasteiger partial charge in [0, 0.05) is 17.0 Å². The van der Waals surface area contributed by atoms with Crippen molar-refractivity contribution in [2.24, 2.45) is 0 Å². The fourth-order valence-corrected chi connectivity index (χ4v) is 3.48. The van der Waals surface area contributed by atoms with Crippen LogP contribution in [0.15, 0.2) is 40.8 Å². The largest absolute Gasteiger partial charge is 0.466 e. The number of hydrogen-bond donors (Lipinski definition) is 1. The first-order chi connectivity index (χ1) is 10.2. The second-order valence-corrected chi connectivity index (χ2v) is 6.28. The Balaban J connectivity index is 1.98. The lowest BCUT2D eigenvalue weighted by molar-refractivity contribution is 0.417. The molecule has 112 valence electrons. The highest BCUT2D eigenvalue weighted by Crippen LogP contribution is 2.57. The zero-order valence-corrected chi connectivity index (χ0v) is 13.3. The van der Waals surface area contributed by atoms with E-state index < -0.39 is 0 Å². The van der Waals surface area contributed by atoms with Gasteiger partial charge in [-0.2, -0.15) is 0 Å². The maximum Gasteiger partial charge on any atom is 0.105 e. The molecule has 1 saturated carbocycles. The Hall–Kier alpha value is -1.54. The highest BCUT2D eigenvalue weighted by molar-refractivity contribution is 5.39. The quantitative estimate of drug-likeness (QED) is 0.833. The molecule has 0 radical (unpaired) electrons. The Bertz CT molecular complexity index is 595. The van der Waals surface area contributed by atoms with Gasteiger partial charge in [-0.05, 0) is 51.3 Å². The molecule has 1 aromatic carbocycles. The van der Waals surface area contributed by atoms with Gasteiger partial charge in [0.05, 0.1) is 0 Å². The van der Waals surface area contributed by atoms with E-state index in [2.05, 4.69) is 55.6 Å².